The van der Waals surface area contributed by atoms with Crippen molar-refractivity contribution in [1.29, 1.82) is 0 Å². The summed E-state index contributed by atoms with van der Waals surface area (Å²) in [6, 6.07) is 1.78. The number of nitrogens with zero attached hydrogens (tertiary/aromatic N) is 4. The minimum Gasteiger partial charge on any atom is -0.481 e. The number of carboxylic acids is 1. The summed E-state index contributed by atoms with van der Waals surface area (Å²) >= 11 is 0. The maximum absolute atomic E-state index is 10.7. The van der Waals surface area contributed by atoms with Crippen LogP contribution < -0.4 is 0 Å². The Morgan fingerprint density at radius 1 is 1.53 bits per heavy atom. The Morgan fingerprint density at radius 2 is 2.40 bits per heavy atom. The van der Waals surface area contributed by atoms with Crippen molar-refractivity contribution in [3.05, 3.63) is 24.3 Å². The third kappa shape index (κ3) is 1.18. The first kappa shape index (κ1) is 8.34. The van der Waals surface area contributed by atoms with Crippen LogP contribution in [0.4, 0.5) is 0 Å². The summed E-state index contributed by atoms with van der Waals surface area (Å²) in [6.45, 7) is 0. The molecule has 0 radical (unpaired) electrons. The van der Waals surface area contributed by atoms with Crippen LogP contribution in [0.15, 0.2) is 18.5 Å². The van der Waals surface area contributed by atoms with E-state index in [1.165, 1.54) is 0 Å². The van der Waals surface area contributed by atoms with Gasteiger partial charge in [-0.3, -0.25) is 9.20 Å². The topological polar surface area (TPSA) is 80.4 Å². The second kappa shape index (κ2) is 2.75. The minimum atomic E-state index is -0.763. The van der Waals surface area contributed by atoms with Crippen LogP contribution in [-0.4, -0.2) is 30.7 Å². The second-order valence-electron chi connectivity index (χ2n) is 3.63. The van der Waals surface area contributed by atoms with Crippen LogP contribution in [0.25, 0.3) is 5.78 Å². The number of rotatable bonds is 2. The van der Waals surface area contributed by atoms with Gasteiger partial charge in [0.05, 0.1) is 5.92 Å². The van der Waals surface area contributed by atoms with E-state index >= 15 is 0 Å². The molecule has 6 heteroatoms. The van der Waals surface area contributed by atoms with Crippen molar-refractivity contribution in [3.8, 4) is 0 Å². The standard InChI is InChI=1S/C9H8N4O2/c14-8(15)6-4-5(6)7-11-12-9-10-2-1-3-13(7)9/h1-3,5-6H,4H2,(H,14,15). The Bertz CT molecular complexity index is 536. The molecule has 0 saturated heterocycles. The first-order valence-electron chi connectivity index (χ1n) is 4.66. The van der Waals surface area contributed by atoms with E-state index in [9.17, 15) is 4.79 Å². The van der Waals surface area contributed by atoms with Gasteiger partial charge in [0.15, 0.2) is 0 Å². The summed E-state index contributed by atoms with van der Waals surface area (Å²) in [7, 11) is 0. The lowest BCUT2D eigenvalue weighted by atomic mass is 10.3. The molecule has 1 aliphatic rings. The van der Waals surface area contributed by atoms with Crippen LogP contribution >= 0.6 is 0 Å². The van der Waals surface area contributed by atoms with E-state index in [1.807, 2.05) is 0 Å². The number of fused-ring (bicyclic) bond motifs is 1. The van der Waals surface area contributed by atoms with E-state index < -0.39 is 5.97 Å². The summed E-state index contributed by atoms with van der Waals surface area (Å²) in [6.07, 6.45) is 4.08. The summed E-state index contributed by atoms with van der Waals surface area (Å²) < 4.78 is 1.74. The van der Waals surface area contributed by atoms with Gasteiger partial charge in [0.2, 0.25) is 0 Å². The number of aliphatic carboxylic acids is 1. The molecule has 0 amide bonds. The van der Waals surface area contributed by atoms with Crippen LogP contribution in [0.5, 0.6) is 0 Å². The predicted molar refractivity (Wildman–Crippen MR) is 49.3 cm³/mol. The lowest BCUT2D eigenvalue weighted by Gasteiger charge is -1.95. The van der Waals surface area contributed by atoms with E-state index in [-0.39, 0.29) is 11.8 Å². The van der Waals surface area contributed by atoms with Gasteiger partial charge >= 0.3 is 5.97 Å². The first-order chi connectivity index (χ1) is 7.27. The number of hydrogen-bond donors (Lipinski definition) is 1. The molecular formula is C9H8N4O2. The highest BCUT2D eigenvalue weighted by Gasteiger charge is 2.47. The predicted octanol–water partition coefficient (Wildman–Crippen LogP) is 0.312. The number of carboxylic acid groups (broad SMARTS) is 1. The number of carbonyl (C=O) groups is 1. The van der Waals surface area contributed by atoms with Crippen LogP contribution in [0.1, 0.15) is 18.2 Å². The molecule has 2 atom stereocenters. The highest BCUT2D eigenvalue weighted by atomic mass is 16.4. The van der Waals surface area contributed by atoms with Gasteiger partial charge in [0.25, 0.3) is 5.78 Å². The zero-order valence-corrected chi connectivity index (χ0v) is 7.74. The van der Waals surface area contributed by atoms with Crippen molar-refractivity contribution in [2.45, 2.75) is 12.3 Å². The average Bonchev–Trinajstić information content (AvgIpc) is 2.92. The highest BCUT2D eigenvalue weighted by Crippen LogP contribution is 2.46. The number of hydrogen-bond acceptors (Lipinski definition) is 4. The Morgan fingerprint density at radius 3 is 3.13 bits per heavy atom. The molecule has 1 N–H and O–H groups in total. The SMILES string of the molecule is O=C(O)C1CC1c1nnc2ncccn12. The van der Waals surface area contributed by atoms with E-state index in [1.54, 1.807) is 22.9 Å². The molecule has 1 fully saturated rings. The molecule has 0 aliphatic heterocycles. The third-order valence-electron chi connectivity index (χ3n) is 2.65. The molecule has 2 aromatic heterocycles. The normalized spacial score (nSPS) is 24.3. The molecule has 2 heterocycles. The third-order valence-corrected chi connectivity index (χ3v) is 2.65. The fraction of sp³-hybridized carbons (Fsp3) is 0.333. The van der Waals surface area contributed by atoms with Crippen molar-refractivity contribution >= 4 is 11.7 Å². The van der Waals surface area contributed by atoms with Gasteiger partial charge in [0.1, 0.15) is 5.82 Å². The molecule has 0 spiro atoms. The molecular weight excluding hydrogens is 196 g/mol. The molecule has 76 valence electrons. The van der Waals surface area contributed by atoms with Gasteiger partial charge in [-0.2, -0.15) is 0 Å². The van der Waals surface area contributed by atoms with E-state index in [4.69, 9.17) is 5.11 Å². The first-order valence-corrected chi connectivity index (χ1v) is 4.66. The fourth-order valence-corrected chi connectivity index (χ4v) is 1.77. The molecule has 0 aromatic carbocycles. The Kier molecular flexibility index (Phi) is 1.53. The Balaban J connectivity index is 2.03. The summed E-state index contributed by atoms with van der Waals surface area (Å²) in [5.74, 6) is 0.133. The fourth-order valence-electron chi connectivity index (χ4n) is 1.77. The summed E-state index contributed by atoms with van der Waals surface area (Å²) in [5, 5.41) is 16.7. The lowest BCUT2D eigenvalue weighted by molar-refractivity contribution is -0.138. The van der Waals surface area contributed by atoms with E-state index in [0.717, 1.165) is 0 Å². The molecule has 1 aliphatic carbocycles. The highest BCUT2D eigenvalue weighted by molar-refractivity contribution is 5.74. The van der Waals surface area contributed by atoms with Crippen molar-refractivity contribution < 1.29 is 9.90 Å². The largest absolute Gasteiger partial charge is 0.481 e. The molecule has 2 unspecified atom stereocenters. The van der Waals surface area contributed by atoms with Gasteiger partial charge in [-0.05, 0) is 12.5 Å². The van der Waals surface area contributed by atoms with Crippen molar-refractivity contribution in [2.75, 3.05) is 0 Å². The lowest BCUT2D eigenvalue weighted by Crippen LogP contribution is -2.01. The molecule has 3 rings (SSSR count). The Hall–Kier alpha value is -1.98. The average molecular weight is 204 g/mol. The maximum Gasteiger partial charge on any atom is 0.307 e. The van der Waals surface area contributed by atoms with Crippen LogP contribution in [-0.2, 0) is 4.79 Å². The molecule has 15 heavy (non-hydrogen) atoms. The van der Waals surface area contributed by atoms with Crippen LogP contribution in [0, 0.1) is 5.92 Å². The van der Waals surface area contributed by atoms with Crippen LogP contribution in [0.2, 0.25) is 0 Å². The van der Waals surface area contributed by atoms with Gasteiger partial charge in [-0.15, -0.1) is 10.2 Å². The molecule has 2 aromatic rings. The molecule has 6 nitrogen and oxygen atoms in total. The van der Waals surface area contributed by atoms with Gasteiger partial charge in [0, 0.05) is 18.3 Å². The van der Waals surface area contributed by atoms with Gasteiger partial charge < -0.3 is 5.11 Å². The minimum absolute atomic E-state index is 0.0123. The summed E-state index contributed by atoms with van der Waals surface area (Å²) in [5.41, 5.74) is 0. The van der Waals surface area contributed by atoms with Crippen molar-refractivity contribution in [2.24, 2.45) is 5.92 Å². The van der Waals surface area contributed by atoms with Gasteiger partial charge in [-0.25, -0.2) is 4.98 Å². The molecule has 1 saturated carbocycles. The van der Waals surface area contributed by atoms with Crippen molar-refractivity contribution in [1.82, 2.24) is 19.6 Å². The summed E-state index contributed by atoms with van der Waals surface area (Å²) in [4.78, 5) is 14.8. The quantitative estimate of drug-likeness (QED) is 0.761. The zero-order valence-electron chi connectivity index (χ0n) is 7.74. The molecule has 0 bridgehead atoms. The van der Waals surface area contributed by atoms with Crippen LogP contribution in [0.3, 0.4) is 0 Å². The van der Waals surface area contributed by atoms with Crippen molar-refractivity contribution in [3.63, 3.8) is 0 Å². The number of aromatic nitrogens is 4. The maximum atomic E-state index is 10.7. The zero-order chi connectivity index (χ0) is 10.4. The van der Waals surface area contributed by atoms with E-state index in [2.05, 4.69) is 15.2 Å². The van der Waals surface area contributed by atoms with E-state index in [0.29, 0.717) is 18.0 Å². The monoisotopic (exact) mass is 204 g/mol. The second-order valence-corrected chi connectivity index (χ2v) is 3.63. The van der Waals surface area contributed by atoms with Gasteiger partial charge in [-0.1, -0.05) is 0 Å². The smallest absolute Gasteiger partial charge is 0.307 e. The Labute approximate surface area is 84.6 Å².